The first kappa shape index (κ1) is 12.4. The molecular formula is C9H13ClN2O2S. The van der Waals surface area contributed by atoms with E-state index in [4.69, 9.17) is 11.6 Å². The average Bonchev–Trinajstić information content (AvgIpc) is 2.16. The SMILES string of the molecule is CC(C)N(C)S(=O)(=O)c1cnccc1Cl. The molecule has 0 saturated carbocycles. The fourth-order valence-corrected chi connectivity index (χ4v) is 2.76. The lowest BCUT2D eigenvalue weighted by molar-refractivity contribution is 0.410. The van der Waals surface area contributed by atoms with Crippen LogP contribution in [0.5, 0.6) is 0 Å². The molecule has 0 N–H and O–H groups in total. The minimum Gasteiger partial charge on any atom is -0.263 e. The predicted molar refractivity (Wildman–Crippen MR) is 59.3 cm³/mol. The van der Waals surface area contributed by atoms with Gasteiger partial charge in [0.25, 0.3) is 0 Å². The summed E-state index contributed by atoms with van der Waals surface area (Å²) in [5, 5.41) is 0.192. The number of sulfonamides is 1. The Bertz CT molecular complexity index is 445. The highest BCUT2D eigenvalue weighted by Gasteiger charge is 2.25. The molecule has 4 nitrogen and oxygen atoms in total. The molecule has 0 bridgehead atoms. The second-order valence-corrected chi connectivity index (χ2v) is 5.79. The van der Waals surface area contributed by atoms with Gasteiger partial charge in [-0.05, 0) is 19.9 Å². The fraction of sp³-hybridized carbons (Fsp3) is 0.444. The quantitative estimate of drug-likeness (QED) is 0.819. The summed E-state index contributed by atoms with van der Waals surface area (Å²) in [6, 6.07) is 1.34. The fourth-order valence-electron chi connectivity index (χ4n) is 0.985. The van der Waals surface area contributed by atoms with Gasteiger partial charge in [-0.1, -0.05) is 11.6 Å². The van der Waals surface area contributed by atoms with Crippen LogP contribution in [0, 0.1) is 0 Å². The van der Waals surface area contributed by atoms with E-state index < -0.39 is 10.0 Å². The molecule has 1 rings (SSSR count). The van der Waals surface area contributed by atoms with Crippen molar-refractivity contribution in [1.82, 2.24) is 9.29 Å². The lowest BCUT2D eigenvalue weighted by atomic mass is 10.4. The van der Waals surface area contributed by atoms with E-state index in [9.17, 15) is 8.42 Å². The van der Waals surface area contributed by atoms with Crippen molar-refractivity contribution in [3.63, 3.8) is 0 Å². The van der Waals surface area contributed by atoms with E-state index >= 15 is 0 Å². The molecule has 0 unspecified atom stereocenters. The highest BCUT2D eigenvalue weighted by molar-refractivity contribution is 7.89. The maximum absolute atomic E-state index is 12.0. The largest absolute Gasteiger partial charge is 0.263 e. The highest BCUT2D eigenvalue weighted by atomic mass is 35.5. The van der Waals surface area contributed by atoms with Crippen LogP contribution in [0.4, 0.5) is 0 Å². The molecule has 0 aliphatic carbocycles. The van der Waals surface area contributed by atoms with Crippen LogP contribution in [0.2, 0.25) is 5.02 Å². The zero-order valence-electron chi connectivity index (χ0n) is 8.81. The molecule has 0 atom stereocenters. The Morgan fingerprint density at radius 2 is 2.07 bits per heavy atom. The first-order chi connectivity index (χ1) is 6.87. The van der Waals surface area contributed by atoms with Crippen LogP contribution in [0.25, 0.3) is 0 Å². The number of rotatable bonds is 3. The molecule has 84 valence electrons. The Morgan fingerprint density at radius 1 is 1.47 bits per heavy atom. The molecule has 1 aromatic heterocycles. The molecule has 0 radical (unpaired) electrons. The van der Waals surface area contributed by atoms with E-state index in [-0.39, 0.29) is 16.0 Å². The summed E-state index contributed by atoms with van der Waals surface area (Å²) in [7, 11) is -2.01. The number of nitrogens with zero attached hydrogens (tertiary/aromatic N) is 2. The molecule has 0 fully saturated rings. The molecular weight excluding hydrogens is 236 g/mol. The summed E-state index contributed by atoms with van der Waals surface area (Å²) in [6.07, 6.45) is 2.72. The smallest absolute Gasteiger partial charge is 0.246 e. The molecule has 0 aliphatic heterocycles. The molecule has 0 spiro atoms. The summed E-state index contributed by atoms with van der Waals surface area (Å²) in [4.78, 5) is 3.81. The summed E-state index contributed by atoms with van der Waals surface area (Å²) in [5.74, 6) is 0. The summed E-state index contributed by atoms with van der Waals surface area (Å²) >= 11 is 5.81. The van der Waals surface area contributed by atoms with Gasteiger partial charge < -0.3 is 0 Å². The Hall–Kier alpha value is -0.650. The van der Waals surface area contributed by atoms with Crippen LogP contribution in [-0.2, 0) is 10.0 Å². The number of aromatic nitrogens is 1. The third-order valence-corrected chi connectivity index (χ3v) is 4.62. The van der Waals surface area contributed by atoms with E-state index in [2.05, 4.69) is 4.98 Å². The van der Waals surface area contributed by atoms with Gasteiger partial charge in [0.2, 0.25) is 10.0 Å². The van der Waals surface area contributed by atoms with E-state index in [1.807, 2.05) is 0 Å². The van der Waals surface area contributed by atoms with Gasteiger partial charge in [-0.2, -0.15) is 4.31 Å². The lowest BCUT2D eigenvalue weighted by Gasteiger charge is -2.21. The van der Waals surface area contributed by atoms with Gasteiger partial charge in [-0.15, -0.1) is 0 Å². The van der Waals surface area contributed by atoms with Gasteiger partial charge >= 0.3 is 0 Å². The molecule has 0 aliphatic rings. The third kappa shape index (κ3) is 2.48. The minimum absolute atomic E-state index is 0.0443. The summed E-state index contributed by atoms with van der Waals surface area (Å²) < 4.78 is 25.3. The van der Waals surface area contributed by atoms with Crippen LogP contribution in [0.15, 0.2) is 23.4 Å². The number of hydrogen-bond acceptors (Lipinski definition) is 3. The molecule has 15 heavy (non-hydrogen) atoms. The third-order valence-electron chi connectivity index (χ3n) is 2.12. The van der Waals surface area contributed by atoms with Crippen LogP contribution < -0.4 is 0 Å². The van der Waals surface area contributed by atoms with Crippen molar-refractivity contribution in [2.75, 3.05) is 7.05 Å². The Kier molecular flexibility index (Phi) is 3.70. The molecule has 0 amide bonds. The molecule has 6 heteroatoms. The summed E-state index contributed by atoms with van der Waals surface area (Å²) in [6.45, 7) is 3.59. The molecule has 0 aromatic carbocycles. The van der Waals surface area contributed by atoms with Gasteiger partial charge in [0.1, 0.15) is 4.90 Å². The summed E-state index contributed by atoms with van der Waals surface area (Å²) in [5.41, 5.74) is 0. The zero-order valence-corrected chi connectivity index (χ0v) is 10.4. The minimum atomic E-state index is -3.53. The van der Waals surface area contributed by atoms with Gasteiger partial charge in [0.05, 0.1) is 5.02 Å². The van der Waals surface area contributed by atoms with Crippen molar-refractivity contribution in [2.45, 2.75) is 24.8 Å². The first-order valence-corrected chi connectivity index (χ1v) is 6.26. The van der Waals surface area contributed by atoms with E-state index in [0.717, 1.165) is 0 Å². The van der Waals surface area contributed by atoms with Gasteiger partial charge in [0.15, 0.2) is 0 Å². The normalized spacial score (nSPS) is 12.4. The zero-order chi connectivity index (χ0) is 11.6. The standard InChI is InChI=1S/C9H13ClN2O2S/c1-7(2)12(3)15(13,14)9-6-11-5-4-8(9)10/h4-7H,1-3H3. The Balaban J connectivity index is 3.24. The van der Waals surface area contributed by atoms with Crippen molar-refractivity contribution < 1.29 is 8.42 Å². The second kappa shape index (κ2) is 4.47. The van der Waals surface area contributed by atoms with E-state index in [0.29, 0.717) is 0 Å². The molecule has 0 saturated heterocycles. The van der Waals surface area contributed by atoms with Gasteiger partial charge in [0, 0.05) is 25.5 Å². The van der Waals surface area contributed by atoms with Crippen molar-refractivity contribution in [3.8, 4) is 0 Å². The van der Waals surface area contributed by atoms with E-state index in [1.165, 1.54) is 29.8 Å². The van der Waals surface area contributed by atoms with Crippen molar-refractivity contribution in [1.29, 1.82) is 0 Å². The monoisotopic (exact) mass is 248 g/mol. The highest BCUT2D eigenvalue weighted by Crippen LogP contribution is 2.23. The van der Waals surface area contributed by atoms with E-state index in [1.54, 1.807) is 13.8 Å². The molecule has 1 aromatic rings. The van der Waals surface area contributed by atoms with Crippen LogP contribution in [-0.4, -0.2) is 30.8 Å². The first-order valence-electron chi connectivity index (χ1n) is 4.45. The topological polar surface area (TPSA) is 50.3 Å². The van der Waals surface area contributed by atoms with Gasteiger partial charge in [-0.25, -0.2) is 8.42 Å². The second-order valence-electron chi connectivity index (χ2n) is 3.42. The number of pyridine rings is 1. The van der Waals surface area contributed by atoms with Crippen molar-refractivity contribution in [3.05, 3.63) is 23.5 Å². The number of halogens is 1. The van der Waals surface area contributed by atoms with Crippen LogP contribution in [0.1, 0.15) is 13.8 Å². The lowest BCUT2D eigenvalue weighted by Crippen LogP contribution is -2.33. The van der Waals surface area contributed by atoms with Crippen LogP contribution in [0.3, 0.4) is 0 Å². The van der Waals surface area contributed by atoms with Crippen molar-refractivity contribution in [2.24, 2.45) is 0 Å². The molecule has 1 heterocycles. The number of hydrogen-bond donors (Lipinski definition) is 0. The maximum Gasteiger partial charge on any atom is 0.246 e. The van der Waals surface area contributed by atoms with Gasteiger partial charge in [-0.3, -0.25) is 4.98 Å². The predicted octanol–water partition coefficient (Wildman–Crippen LogP) is 1.76. The maximum atomic E-state index is 12.0. The Morgan fingerprint density at radius 3 is 2.53 bits per heavy atom. The van der Waals surface area contributed by atoms with Crippen LogP contribution >= 0.6 is 11.6 Å². The average molecular weight is 249 g/mol. The van der Waals surface area contributed by atoms with Crippen molar-refractivity contribution >= 4 is 21.6 Å². The Labute approximate surface area is 94.9 Å².